The summed E-state index contributed by atoms with van der Waals surface area (Å²) in [6.45, 7) is 0. The van der Waals surface area contributed by atoms with E-state index in [2.05, 4.69) is 10.3 Å². The zero-order valence-electron chi connectivity index (χ0n) is 22.5. The van der Waals surface area contributed by atoms with Crippen LogP contribution in [0.5, 0.6) is 11.5 Å². The molecular weight excluding hydrogens is 490 g/mol. The molecule has 1 heterocycles. The minimum atomic E-state index is -0.896. The molecule has 1 saturated carbocycles. The summed E-state index contributed by atoms with van der Waals surface area (Å²) in [5.74, 6) is 0.831. The number of amides is 2. The number of H-pyrrole nitrogens is 1. The summed E-state index contributed by atoms with van der Waals surface area (Å²) in [7, 11) is 3.19. The maximum atomic E-state index is 14.3. The largest absolute Gasteiger partial charge is 0.497 e. The van der Waals surface area contributed by atoms with Crippen molar-refractivity contribution in [3.63, 3.8) is 0 Å². The van der Waals surface area contributed by atoms with Crippen molar-refractivity contribution in [1.82, 2.24) is 10.3 Å². The molecule has 1 aliphatic rings. The maximum absolute atomic E-state index is 14.3. The lowest BCUT2D eigenvalue weighted by molar-refractivity contribution is -0.127. The molecule has 2 N–H and O–H groups in total. The number of aromatic amines is 1. The molecule has 2 amide bonds. The fraction of sp³-hybridized carbons (Fsp3) is 0.312. The van der Waals surface area contributed by atoms with Crippen LogP contribution in [0.1, 0.15) is 49.3 Å². The molecule has 5 rings (SSSR count). The Balaban J connectivity index is 1.59. The van der Waals surface area contributed by atoms with E-state index in [1.54, 1.807) is 25.2 Å². The minimum absolute atomic E-state index is 0.0928. The molecule has 0 spiro atoms. The molecular formula is C32H35N3O4. The highest BCUT2D eigenvalue weighted by Gasteiger charge is 2.34. The van der Waals surface area contributed by atoms with E-state index in [0.717, 1.165) is 42.1 Å². The molecule has 1 fully saturated rings. The highest BCUT2D eigenvalue weighted by molar-refractivity contribution is 6.03. The van der Waals surface area contributed by atoms with Gasteiger partial charge in [-0.05, 0) is 54.3 Å². The number of benzene rings is 3. The van der Waals surface area contributed by atoms with Crippen LogP contribution < -0.4 is 19.7 Å². The van der Waals surface area contributed by atoms with E-state index in [1.165, 1.54) is 6.42 Å². The number of hydrogen-bond acceptors (Lipinski definition) is 4. The molecule has 1 atom stereocenters. The molecule has 7 heteroatoms. The standard InChI is InChI=1S/C32H35N3O4/c1-38-26-14-8-10-22(18-26)31(32(37)34-24-11-4-3-5-12-24)35(25-13-9-15-27(20-25)39-2)30(36)19-23-21-33-29-17-7-6-16-28(23)29/h6-10,13-18,20-21,24,31,33H,3-5,11-12,19H2,1-2H3,(H,34,37)/t31-/m0/s1. The van der Waals surface area contributed by atoms with Gasteiger partial charge in [-0.3, -0.25) is 14.5 Å². The normalized spacial score (nSPS) is 14.5. The maximum Gasteiger partial charge on any atom is 0.248 e. The number of carbonyl (C=O) groups excluding carboxylic acids is 2. The topological polar surface area (TPSA) is 83.7 Å². The van der Waals surface area contributed by atoms with Crippen LogP contribution in [-0.4, -0.2) is 37.1 Å². The number of fused-ring (bicyclic) bond motifs is 1. The fourth-order valence-corrected chi connectivity index (χ4v) is 5.48. The number of carbonyl (C=O) groups is 2. The van der Waals surface area contributed by atoms with Gasteiger partial charge in [0.05, 0.1) is 20.6 Å². The summed E-state index contributed by atoms with van der Waals surface area (Å²) in [5, 5.41) is 4.25. The van der Waals surface area contributed by atoms with Crippen LogP contribution >= 0.6 is 0 Å². The fourth-order valence-electron chi connectivity index (χ4n) is 5.48. The first-order valence-corrected chi connectivity index (χ1v) is 13.5. The molecule has 4 aromatic rings. The van der Waals surface area contributed by atoms with Crippen molar-refractivity contribution in [2.24, 2.45) is 0 Å². The zero-order valence-corrected chi connectivity index (χ0v) is 22.5. The van der Waals surface area contributed by atoms with E-state index < -0.39 is 6.04 Å². The van der Waals surface area contributed by atoms with E-state index in [1.807, 2.05) is 72.9 Å². The van der Waals surface area contributed by atoms with Crippen molar-refractivity contribution >= 4 is 28.4 Å². The molecule has 0 aliphatic heterocycles. The van der Waals surface area contributed by atoms with Gasteiger partial charge in [-0.1, -0.05) is 55.7 Å². The number of methoxy groups -OCH3 is 2. The van der Waals surface area contributed by atoms with Crippen molar-refractivity contribution in [3.8, 4) is 11.5 Å². The number of para-hydroxylation sites is 1. The lowest BCUT2D eigenvalue weighted by atomic mass is 9.94. The lowest BCUT2D eigenvalue weighted by Gasteiger charge is -2.34. The molecule has 1 aromatic heterocycles. The van der Waals surface area contributed by atoms with Gasteiger partial charge in [-0.15, -0.1) is 0 Å². The summed E-state index contributed by atoms with van der Waals surface area (Å²) in [6.07, 6.45) is 7.25. The number of nitrogens with zero attached hydrogens (tertiary/aromatic N) is 1. The molecule has 0 saturated heterocycles. The summed E-state index contributed by atoms with van der Waals surface area (Å²) >= 11 is 0. The van der Waals surface area contributed by atoms with Crippen molar-refractivity contribution in [1.29, 1.82) is 0 Å². The average Bonchev–Trinajstić information content (AvgIpc) is 3.38. The highest BCUT2D eigenvalue weighted by Crippen LogP contribution is 2.33. The molecule has 202 valence electrons. The van der Waals surface area contributed by atoms with Crippen molar-refractivity contribution < 1.29 is 19.1 Å². The third kappa shape index (κ3) is 5.93. The number of aromatic nitrogens is 1. The highest BCUT2D eigenvalue weighted by atomic mass is 16.5. The van der Waals surface area contributed by atoms with Gasteiger partial charge in [0.2, 0.25) is 11.8 Å². The third-order valence-electron chi connectivity index (χ3n) is 7.48. The average molecular weight is 526 g/mol. The predicted molar refractivity (Wildman–Crippen MR) is 153 cm³/mol. The van der Waals surface area contributed by atoms with Crippen molar-refractivity contribution in [3.05, 3.63) is 90.1 Å². The monoisotopic (exact) mass is 525 g/mol. The van der Waals surface area contributed by atoms with Crippen LogP contribution in [-0.2, 0) is 16.0 Å². The van der Waals surface area contributed by atoms with Gasteiger partial charge >= 0.3 is 0 Å². The Kier molecular flexibility index (Phi) is 8.16. The van der Waals surface area contributed by atoms with Crippen LogP contribution in [0.4, 0.5) is 5.69 Å². The number of rotatable bonds is 9. The number of ether oxygens (including phenoxy) is 2. The van der Waals surface area contributed by atoms with Gasteiger partial charge in [-0.2, -0.15) is 0 Å². The van der Waals surface area contributed by atoms with E-state index >= 15 is 0 Å². The Morgan fingerprint density at radius 1 is 0.923 bits per heavy atom. The number of hydrogen-bond donors (Lipinski definition) is 2. The second kappa shape index (κ2) is 12.1. The molecule has 0 bridgehead atoms. The summed E-state index contributed by atoms with van der Waals surface area (Å²) in [6, 6.07) is 21.8. The first kappa shape index (κ1) is 26.4. The minimum Gasteiger partial charge on any atom is -0.497 e. The van der Waals surface area contributed by atoms with Crippen molar-refractivity contribution in [2.75, 3.05) is 19.1 Å². The molecule has 0 unspecified atom stereocenters. The molecule has 1 aliphatic carbocycles. The van der Waals surface area contributed by atoms with E-state index in [9.17, 15) is 9.59 Å². The van der Waals surface area contributed by atoms with Gasteiger partial charge in [0.1, 0.15) is 17.5 Å². The van der Waals surface area contributed by atoms with Crippen LogP contribution in [0.15, 0.2) is 79.0 Å². The molecule has 0 radical (unpaired) electrons. The van der Waals surface area contributed by atoms with Gasteiger partial charge in [0.25, 0.3) is 0 Å². The Hall–Kier alpha value is -4.26. The zero-order chi connectivity index (χ0) is 27.2. The Morgan fingerprint density at radius 3 is 2.41 bits per heavy atom. The molecule has 39 heavy (non-hydrogen) atoms. The van der Waals surface area contributed by atoms with Crippen molar-refractivity contribution in [2.45, 2.75) is 50.6 Å². The lowest BCUT2D eigenvalue weighted by Crippen LogP contribution is -2.47. The van der Waals surface area contributed by atoms with Gasteiger partial charge < -0.3 is 19.8 Å². The second-order valence-electron chi connectivity index (χ2n) is 10.0. The summed E-state index contributed by atoms with van der Waals surface area (Å²) < 4.78 is 11.0. The molecule has 3 aromatic carbocycles. The van der Waals surface area contributed by atoms with Crippen LogP contribution in [0.3, 0.4) is 0 Å². The Morgan fingerprint density at radius 2 is 1.64 bits per heavy atom. The Labute approximate surface area is 229 Å². The van der Waals surface area contributed by atoms with Gasteiger partial charge in [-0.25, -0.2) is 0 Å². The van der Waals surface area contributed by atoms with Crippen LogP contribution in [0.25, 0.3) is 10.9 Å². The van der Waals surface area contributed by atoms with Gasteiger partial charge in [0.15, 0.2) is 0 Å². The van der Waals surface area contributed by atoms with E-state index in [4.69, 9.17) is 9.47 Å². The van der Waals surface area contributed by atoms with Crippen LogP contribution in [0, 0.1) is 0 Å². The molecule has 7 nitrogen and oxygen atoms in total. The van der Waals surface area contributed by atoms with Crippen LogP contribution in [0.2, 0.25) is 0 Å². The number of nitrogens with one attached hydrogen (secondary N) is 2. The van der Waals surface area contributed by atoms with E-state index in [-0.39, 0.29) is 24.3 Å². The van der Waals surface area contributed by atoms with Gasteiger partial charge in [0, 0.05) is 34.9 Å². The first-order valence-electron chi connectivity index (χ1n) is 13.5. The predicted octanol–water partition coefficient (Wildman–Crippen LogP) is 5.95. The number of anilines is 1. The smallest absolute Gasteiger partial charge is 0.248 e. The summed E-state index contributed by atoms with van der Waals surface area (Å²) in [5.41, 5.74) is 3.11. The quantitative estimate of drug-likeness (QED) is 0.283. The first-order chi connectivity index (χ1) is 19.1. The van der Waals surface area contributed by atoms with E-state index in [0.29, 0.717) is 22.7 Å². The summed E-state index contributed by atoms with van der Waals surface area (Å²) in [4.78, 5) is 33.3. The Bertz CT molecular complexity index is 1440. The SMILES string of the molecule is COc1cccc([C@@H](C(=O)NC2CCCCC2)N(C(=O)Cc2c[nH]c3ccccc23)c2cccc(OC)c2)c1. The second-order valence-corrected chi connectivity index (χ2v) is 10.0. The third-order valence-corrected chi connectivity index (χ3v) is 7.48.